The number of benzene rings is 2. The normalized spacial score (nSPS) is 25.5. The molecule has 2 aromatic rings. The zero-order valence-corrected chi connectivity index (χ0v) is 21.3. The van der Waals surface area contributed by atoms with Crippen LogP contribution in [0.2, 0.25) is 0 Å². The van der Waals surface area contributed by atoms with E-state index in [0.29, 0.717) is 33.0 Å². The maximum atomic E-state index is 14.8. The number of carbonyl (C=O) groups is 1. The Morgan fingerprint density at radius 3 is 2.37 bits per heavy atom. The van der Waals surface area contributed by atoms with E-state index in [1.165, 1.54) is 11.0 Å². The van der Waals surface area contributed by atoms with Gasteiger partial charge in [0, 0.05) is 25.8 Å². The Labute approximate surface area is 217 Å². The molecule has 0 spiro atoms. The first-order valence-corrected chi connectivity index (χ1v) is 13.8. The van der Waals surface area contributed by atoms with E-state index in [1.54, 1.807) is 0 Å². The van der Waals surface area contributed by atoms with Crippen LogP contribution in [-0.2, 0) is 31.4 Å². The number of alkyl halides is 4. The summed E-state index contributed by atoms with van der Waals surface area (Å²) in [5, 5.41) is 2.93. The molecule has 6 nitrogen and oxygen atoms in total. The number of nitrogens with one attached hydrogen (secondary N) is 1. The highest BCUT2D eigenvalue weighted by Gasteiger charge is 2.63. The third-order valence-electron chi connectivity index (χ3n) is 8.10. The van der Waals surface area contributed by atoms with Gasteiger partial charge in [0.05, 0.1) is 10.9 Å². The van der Waals surface area contributed by atoms with Gasteiger partial charge in [-0.05, 0) is 73.6 Å². The summed E-state index contributed by atoms with van der Waals surface area (Å²) < 4.78 is 101. The molecule has 0 saturated carbocycles. The molecule has 2 aliphatic heterocycles. The minimum absolute atomic E-state index is 0.0168. The zero-order valence-electron chi connectivity index (χ0n) is 20.5. The molecule has 1 N–H and O–H groups in total. The van der Waals surface area contributed by atoms with Crippen LogP contribution in [0, 0.1) is 5.82 Å². The average Bonchev–Trinajstić information content (AvgIpc) is 3.40. The van der Waals surface area contributed by atoms with Crippen LogP contribution in [0.5, 0.6) is 0 Å². The summed E-state index contributed by atoms with van der Waals surface area (Å²) in [6.07, 6.45) is -4.07. The minimum atomic E-state index is -5.18. The van der Waals surface area contributed by atoms with Crippen LogP contribution in [0.15, 0.2) is 47.4 Å². The van der Waals surface area contributed by atoms with E-state index in [2.05, 4.69) is 5.32 Å². The summed E-state index contributed by atoms with van der Waals surface area (Å²) in [5.41, 5.74) is -3.83. The van der Waals surface area contributed by atoms with Crippen molar-refractivity contribution in [3.63, 3.8) is 0 Å². The standard InChI is InChI=1S/C26H27F5N2O4S/c1-24(28,26(29,30)31)17-2-7-21-16(14-17)15-22-25(21,38(35,36)20-5-3-18(27)4-6-20)10-11-33(22)23(34)32-19-8-12-37-13-9-19/h2-7,14,19,22H,8-13,15H2,1H3,(H,32,34). The molecule has 206 valence electrons. The number of nitrogens with zero attached hydrogens (tertiary/aromatic N) is 1. The first-order valence-electron chi connectivity index (χ1n) is 12.3. The maximum absolute atomic E-state index is 14.8. The molecule has 0 radical (unpaired) electrons. The molecule has 2 saturated heterocycles. The first-order chi connectivity index (χ1) is 17.8. The zero-order chi connectivity index (χ0) is 27.5. The van der Waals surface area contributed by atoms with Crippen LogP contribution in [-0.4, -0.2) is 57.4 Å². The van der Waals surface area contributed by atoms with Gasteiger partial charge in [0.15, 0.2) is 9.84 Å². The lowest BCUT2D eigenvalue weighted by Crippen LogP contribution is -2.52. The smallest absolute Gasteiger partial charge is 0.381 e. The molecular weight excluding hydrogens is 531 g/mol. The number of sulfone groups is 1. The number of likely N-dealkylation sites (tertiary alicyclic amines) is 1. The highest BCUT2D eigenvalue weighted by molar-refractivity contribution is 7.92. The number of halogens is 5. The largest absolute Gasteiger partial charge is 0.426 e. The van der Waals surface area contributed by atoms with E-state index in [4.69, 9.17) is 4.74 Å². The second-order valence-corrected chi connectivity index (χ2v) is 12.4. The topological polar surface area (TPSA) is 75.7 Å². The third-order valence-corrected chi connectivity index (χ3v) is 10.6. The van der Waals surface area contributed by atoms with Gasteiger partial charge in [-0.3, -0.25) is 0 Å². The van der Waals surface area contributed by atoms with Crippen molar-refractivity contribution >= 4 is 15.9 Å². The Bertz CT molecular complexity index is 1340. The molecule has 2 heterocycles. The summed E-state index contributed by atoms with van der Waals surface area (Å²) in [6.45, 7) is 1.47. The Balaban J connectivity index is 1.59. The lowest BCUT2D eigenvalue weighted by atomic mass is 9.91. The SMILES string of the molecule is CC(F)(c1ccc2c(c1)CC1N(C(=O)NC3CCOCC3)CCC21S(=O)(=O)c1ccc(F)cc1)C(F)(F)F. The molecule has 38 heavy (non-hydrogen) atoms. The molecule has 5 rings (SSSR count). The van der Waals surface area contributed by atoms with Crippen LogP contribution >= 0.6 is 0 Å². The summed E-state index contributed by atoms with van der Waals surface area (Å²) in [7, 11) is -4.27. The Hall–Kier alpha value is -2.73. The molecule has 0 aromatic heterocycles. The number of urea groups is 1. The summed E-state index contributed by atoms with van der Waals surface area (Å²) in [5.74, 6) is -0.632. The van der Waals surface area contributed by atoms with Gasteiger partial charge < -0.3 is 15.0 Å². The lowest BCUT2D eigenvalue weighted by molar-refractivity contribution is -0.228. The molecule has 3 unspecified atom stereocenters. The molecule has 12 heteroatoms. The molecule has 3 aliphatic rings. The van der Waals surface area contributed by atoms with Gasteiger partial charge in [-0.25, -0.2) is 22.0 Å². The van der Waals surface area contributed by atoms with Crippen LogP contribution < -0.4 is 5.32 Å². The van der Waals surface area contributed by atoms with E-state index >= 15 is 0 Å². The second kappa shape index (κ2) is 9.18. The Morgan fingerprint density at radius 1 is 1.08 bits per heavy atom. The van der Waals surface area contributed by atoms with Crippen LogP contribution in [0.3, 0.4) is 0 Å². The first kappa shape index (κ1) is 26.9. The predicted molar refractivity (Wildman–Crippen MR) is 127 cm³/mol. The summed E-state index contributed by atoms with van der Waals surface area (Å²) in [6, 6.07) is 5.96. The van der Waals surface area contributed by atoms with Gasteiger partial charge in [-0.15, -0.1) is 0 Å². The van der Waals surface area contributed by atoms with E-state index in [-0.39, 0.29) is 41.5 Å². The quantitative estimate of drug-likeness (QED) is 0.434. The minimum Gasteiger partial charge on any atom is -0.381 e. The number of carbonyl (C=O) groups excluding carboxylic acids is 1. The van der Waals surface area contributed by atoms with Crippen LogP contribution in [0.4, 0.5) is 26.7 Å². The number of ether oxygens (including phenoxy) is 1. The number of hydrogen-bond donors (Lipinski definition) is 1. The molecule has 2 aromatic carbocycles. The van der Waals surface area contributed by atoms with Gasteiger partial charge in [0.25, 0.3) is 0 Å². The Kier molecular flexibility index (Phi) is 6.49. The van der Waals surface area contributed by atoms with Crippen molar-refractivity contribution in [1.29, 1.82) is 0 Å². The average molecular weight is 559 g/mol. The fourth-order valence-corrected chi connectivity index (χ4v) is 8.25. The molecule has 0 bridgehead atoms. The van der Waals surface area contributed by atoms with E-state index < -0.39 is 49.9 Å². The molecule has 3 atom stereocenters. The molecule has 2 fully saturated rings. The summed E-state index contributed by atoms with van der Waals surface area (Å²) >= 11 is 0. The molecule has 2 amide bonds. The highest BCUT2D eigenvalue weighted by Crippen LogP contribution is 2.55. The van der Waals surface area contributed by atoms with Crippen molar-refractivity contribution < 1.29 is 39.9 Å². The van der Waals surface area contributed by atoms with Gasteiger partial charge >= 0.3 is 12.2 Å². The predicted octanol–water partition coefficient (Wildman–Crippen LogP) is 4.76. The van der Waals surface area contributed by atoms with Crippen molar-refractivity contribution in [2.24, 2.45) is 0 Å². The van der Waals surface area contributed by atoms with E-state index in [9.17, 15) is 35.2 Å². The number of fused-ring (bicyclic) bond motifs is 3. The van der Waals surface area contributed by atoms with Crippen LogP contribution in [0.1, 0.15) is 42.9 Å². The molecular formula is C26H27F5N2O4S. The second-order valence-electron chi connectivity index (χ2n) is 10.2. The van der Waals surface area contributed by atoms with Crippen molar-refractivity contribution in [3.8, 4) is 0 Å². The molecule has 1 aliphatic carbocycles. The number of rotatable bonds is 4. The van der Waals surface area contributed by atoms with Gasteiger partial charge in [0.2, 0.25) is 5.67 Å². The van der Waals surface area contributed by atoms with E-state index in [0.717, 1.165) is 36.4 Å². The van der Waals surface area contributed by atoms with Crippen molar-refractivity contribution in [2.75, 3.05) is 19.8 Å². The van der Waals surface area contributed by atoms with Crippen molar-refractivity contribution in [3.05, 3.63) is 65.0 Å². The summed E-state index contributed by atoms with van der Waals surface area (Å²) in [4.78, 5) is 14.6. The van der Waals surface area contributed by atoms with Crippen molar-refractivity contribution in [2.45, 2.75) is 66.2 Å². The van der Waals surface area contributed by atoms with Crippen LogP contribution in [0.25, 0.3) is 0 Å². The fourth-order valence-electron chi connectivity index (χ4n) is 5.91. The number of hydrogen-bond acceptors (Lipinski definition) is 4. The van der Waals surface area contributed by atoms with Gasteiger partial charge in [-0.1, -0.05) is 18.2 Å². The van der Waals surface area contributed by atoms with Crippen molar-refractivity contribution in [1.82, 2.24) is 10.2 Å². The highest BCUT2D eigenvalue weighted by atomic mass is 32.2. The van der Waals surface area contributed by atoms with Gasteiger partial charge in [0.1, 0.15) is 10.6 Å². The Morgan fingerprint density at radius 2 is 1.74 bits per heavy atom. The van der Waals surface area contributed by atoms with Gasteiger partial charge in [-0.2, -0.15) is 13.2 Å². The number of amides is 2. The monoisotopic (exact) mass is 558 g/mol. The van der Waals surface area contributed by atoms with E-state index in [1.807, 2.05) is 0 Å². The fraction of sp³-hybridized carbons (Fsp3) is 0.500. The third kappa shape index (κ3) is 4.07. The maximum Gasteiger partial charge on any atom is 0.426 e. The lowest BCUT2D eigenvalue weighted by Gasteiger charge is -2.34.